The van der Waals surface area contributed by atoms with E-state index >= 15 is 0 Å². The lowest BCUT2D eigenvalue weighted by Crippen LogP contribution is -1.89. The highest BCUT2D eigenvalue weighted by atomic mass is 16.6. The number of nitrogens with one attached hydrogen (secondary N) is 1. The van der Waals surface area contributed by atoms with Crippen molar-refractivity contribution in [3.05, 3.63) is 33.9 Å². The maximum absolute atomic E-state index is 10.6. The van der Waals surface area contributed by atoms with Gasteiger partial charge >= 0.3 is 5.82 Å². The molecule has 0 radical (unpaired) electrons. The molecular weight excluding hydrogens is 198 g/mol. The predicted molar refractivity (Wildman–Crippen MR) is 51.3 cm³/mol. The van der Waals surface area contributed by atoms with E-state index in [-0.39, 0.29) is 17.1 Å². The fraction of sp³-hybridized carbons (Fsp3) is 0. The summed E-state index contributed by atoms with van der Waals surface area (Å²) in [5, 5.41) is 29.0. The van der Waals surface area contributed by atoms with Crippen molar-refractivity contribution >= 4 is 16.7 Å². The molecule has 0 atom stereocenters. The van der Waals surface area contributed by atoms with E-state index in [9.17, 15) is 10.1 Å². The van der Waals surface area contributed by atoms with Crippen LogP contribution in [0.1, 0.15) is 5.56 Å². The number of rotatable bonds is 1. The molecule has 2 rings (SSSR count). The highest BCUT2D eigenvalue weighted by Crippen LogP contribution is 2.29. The molecule has 0 fully saturated rings. The Morgan fingerprint density at radius 1 is 1.53 bits per heavy atom. The van der Waals surface area contributed by atoms with Crippen LogP contribution in [0.25, 0.3) is 10.9 Å². The Bertz CT molecular complexity index is 594. The standard InChI is InChI=1S/C9H5N3O3/c10-4-7-6-2-1-5(13)3-8(6)11-9(7)12(14)15/h1-3,11,13H. The van der Waals surface area contributed by atoms with Crippen molar-refractivity contribution < 1.29 is 10.0 Å². The van der Waals surface area contributed by atoms with E-state index in [4.69, 9.17) is 10.4 Å². The number of hydrogen-bond acceptors (Lipinski definition) is 4. The molecule has 0 unspecified atom stereocenters. The zero-order valence-electron chi connectivity index (χ0n) is 7.39. The molecule has 1 aromatic carbocycles. The number of aromatic nitrogens is 1. The summed E-state index contributed by atoms with van der Waals surface area (Å²) >= 11 is 0. The van der Waals surface area contributed by atoms with Crippen LogP contribution < -0.4 is 0 Å². The van der Waals surface area contributed by atoms with Crippen LogP contribution in [0, 0.1) is 21.4 Å². The Kier molecular flexibility index (Phi) is 1.80. The van der Waals surface area contributed by atoms with E-state index in [1.165, 1.54) is 18.2 Å². The van der Waals surface area contributed by atoms with Crippen LogP contribution in [0.2, 0.25) is 0 Å². The zero-order valence-corrected chi connectivity index (χ0v) is 7.39. The first-order chi connectivity index (χ1) is 7.13. The van der Waals surface area contributed by atoms with E-state index in [1.54, 1.807) is 6.07 Å². The number of phenolic OH excluding ortho intramolecular Hbond substituents is 1. The first kappa shape index (κ1) is 9.02. The molecule has 0 aliphatic heterocycles. The smallest absolute Gasteiger partial charge is 0.339 e. The summed E-state index contributed by atoms with van der Waals surface area (Å²) in [4.78, 5) is 12.4. The van der Waals surface area contributed by atoms with Crippen LogP contribution in [0.4, 0.5) is 5.82 Å². The topological polar surface area (TPSA) is 103 Å². The normalized spacial score (nSPS) is 10.1. The van der Waals surface area contributed by atoms with Crippen LogP contribution >= 0.6 is 0 Å². The summed E-state index contributed by atoms with van der Waals surface area (Å²) in [5.41, 5.74) is 0.355. The SMILES string of the molecule is N#Cc1c([N+](=O)[O-])[nH]c2cc(O)ccc12. The number of nitrogens with zero attached hydrogens (tertiary/aromatic N) is 2. The molecule has 1 aromatic heterocycles. The number of benzene rings is 1. The summed E-state index contributed by atoms with van der Waals surface area (Å²) in [6.07, 6.45) is 0. The molecular formula is C9H5N3O3. The van der Waals surface area contributed by atoms with E-state index in [0.717, 1.165) is 0 Å². The van der Waals surface area contributed by atoms with Crippen LogP contribution in [0.15, 0.2) is 18.2 Å². The van der Waals surface area contributed by atoms with Gasteiger partial charge in [0.25, 0.3) is 0 Å². The Balaban J connectivity index is 2.86. The van der Waals surface area contributed by atoms with Gasteiger partial charge in [0.1, 0.15) is 17.3 Å². The van der Waals surface area contributed by atoms with Crippen molar-refractivity contribution in [3.8, 4) is 11.8 Å². The molecule has 0 bridgehead atoms. The average molecular weight is 203 g/mol. The third kappa shape index (κ3) is 1.26. The maximum Gasteiger partial charge on any atom is 0.339 e. The number of nitriles is 1. The molecule has 0 aliphatic carbocycles. The molecule has 0 spiro atoms. The lowest BCUT2D eigenvalue weighted by atomic mass is 10.2. The van der Waals surface area contributed by atoms with Crippen molar-refractivity contribution in [3.63, 3.8) is 0 Å². The average Bonchev–Trinajstić information content (AvgIpc) is 2.55. The minimum atomic E-state index is -0.657. The molecule has 6 nitrogen and oxygen atoms in total. The van der Waals surface area contributed by atoms with Gasteiger partial charge in [-0.05, 0) is 17.1 Å². The summed E-state index contributed by atoms with van der Waals surface area (Å²) < 4.78 is 0. The highest BCUT2D eigenvalue weighted by molar-refractivity contribution is 5.90. The van der Waals surface area contributed by atoms with Gasteiger partial charge in [0, 0.05) is 11.5 Å². The van der Waals surface area contributed by atoms with Crippen LogP contribution in [-0.2, 0) is 0 Å². The van der Waals surface area contributed by atoms with Gasteiger partial charge in [-0.3, -0.25) is 0 Å². The van der Waals surface area contributed by atoms with Crippen molar-refractivity contribution in [2.75, 3.05) is 0 Å². The Hall–Kier alpha value is -2.55. The minimum Gasteiger partial charge on any atom is -0.508 e. The molecule has 2 aromatic rings. The van der Waals surface area contributed by atoms with Crippen LogP contribution in [-0.4, -0.2) is 15.0 Å². The van der Waals surface area contributed by atoms with Crippen molar-refractivity contribution in [1.82, 2.24) is 4.98 Å². The van der Waals surface area contributed by atoms with Crippen molar-refractivity contribution in [2.24, 2.45) is 0 Å². The summed E-state index contributed by atoms with van der Waals surface area (Å²) in [6, 6.07) is 5.94. The monoisotopic (exact) mass is 203 g/mol. The Morgan fingerprint density at radius 2 is 2.27 bits per heavy atom. The van der Waals surface area contributed by atoms with E-state index in [0.29, 0.717) is 10.9 Å². The third-order valence-corrected chi connectivity index (χ3v) is 2.06. The van der Waals surface area contributed by atoms with E-state index in [2.05, 4.69) is 4.98 Å². The number of H-pyrrole nitrogens is 1. The molecule has 0 amide bonds. The molecule has 0 saturated heterocycles. The second kappa shape index (κ2) is 2.99. The van der Waals surface area contributed by atoms with E-state index in [1.807, 2.05) is 0 Å². The quantitative estimate of drug-likeness (QED) is 0.543. The van der Waals surface area contributed by atoms with Gasteiger partial charge in [0.05, 0.1) is 0 Å². The van der Waals surface area contributed by atoms with Crippen LogP contribution in [0.3, 0.4) is 0 Å². The number of aromatic hydroxyl groups is 1. The second-order valence-electron chi connectivity index (χ2n) is 2.95. The van der Waals surface area contributed by atoms with Gasteiger partial charge in [-0.2, -0.15) is 5.26 Å². The van der Waals surface area contributed by atoms with Crippen molar-refractivity contribution in [2.45, 2.75) is 0 Å². The first-order valence-corrected chi connectivity index (χ1v) is 4.02. The highest BCUT2D eigenvalue weighted by Gasteiger charge is 2.20. The summed E-state index contributed by atoms with van der Waals surface area (Å²) in [5.74, 6) is -0.360. The first-order valence-electron chi connectivity index (χ1n) is 4.02. The molecule has 0 saturated carbocycles. The number of phenols is 1. The number of hydrogen-bond donors (Lipinski definition) is 2. The van der Waals surface area contributed by atoms with Crippen LogP contribution in [0.5, 0.6) is 5.75 Å². The fourth-order valence-electron chi connectivity index (χ4n) is 1.42. The van der Waals surface area contributed by atoms with Gasteiger partial charge < -0.3 is 15.2 Å². The minimum absolute atomic E-state index is 0.0110. The van der Waals surface area contributed by atoms with Gasteiger partial charge in [-0.15, -0.1) is 0 Å². The Morgan fingerprint density at radius 3 is 2.87 bits per heavy atom. The summed E-state index contributed by atoms with van der Waals surface area (Å²) in [6.45, 7) is 0. The molecule has 2 N–H and O–H groups in total. The second-order valence-corrected chi connectivity index (χ2v) is 2.95. The van der Waals surface area contributed by atoms with Crippen molar-refractivity contribution in [1.29, 1.82) is 5.26 Å². The predicted octanol–water partition coefficient (Wildman–Crippen LogP) is 1.65. The fourth-order valence-corrected chi connectivity index (χ4v) is 1.42. The number of fused-ring (bicyclic) bond motifs is 1. The largest absolute Gasteiger partial charge is 0.508 e. The Labute approximate surface area is 83.5 Å². The molecule has 1 heterocycles. The zero-order chi connectivity index (χ0) is 11.0. The lowest BCUT2D eigenvalue weighted by molar-refractivity contribution is -0.389. The van der Waals surface area contributed by atoms with Gasteiger partial charge in [0.2, 0.25) is 0 Å². The maximum atomic E-state index is 10.6. The number of aromatic amines is 1. The van der Waals surface area contributed by atoms with Gasteiger partial charge in [-0.1, -0.05) is 0 Å². The molecule has 74 valence electrons. The molecule has 0 aliphatic rings. The van der Waals surface area contributed by atoms with Gasteiger partial charge in [0.15, 0.2) is 5.56 Å². The van der Waals surface area contributed by atoms with Gasteiger partial charge in [-0.25, -0.2) is 4.98 Å². The third-order valence-electron chi connectivity index (χ3n) is 2.06. The summed E-state index contributed by atoms with van der Waals surface area (Å²) in [7, 11) is 0. The molecule has 15 heavy (non-hydrogen) atoms. The number of nitro groups is 1. The molecule has 6 heteroatoms. The lowest BCUT2D eigenvalue weighted by Gasteiger charge is -1.89. The van der Waals surface area contributed by atoms with E-state index < -0.39 is 4.92 Å².